The quantitative estimate of drug-likeness (QED) is 0.774. The summed E-state index contributed by atoms with van der Waals surface area (Å²) in [7, 11) is 1.97. The van der Waals surface area contributed by atoms with Crippen molar-refractivity contribution in [2.45, 2.75) is 6.92 Å². The molecule has 3 nitrogen and oxygen atoms in total. The number of aliphatic imine (C=N–C) groups is 1. The van der Waals surface area contributed by atoms with Crippen LogP contribution < -0.4 is 0 Å². The van der Waals surface area contributed by atoms with Crippen LogP contribution in [0.1, 0.15) is 12.5 Å². The Bertz CT molecular complexity index is 510. The van der Waals surface area contributed by atoms with Crippen LogP contribution in [0.2, 0.25) is 0 Å². The third-order valence-corrected chi connectivity index (χ3v) is 2.57. The maximum atomic E-state index is 4.55. The molecule has 2 heterocycles. The summed E-state index contributed by atoms with van der Waals surface area (Å²) in [6.07, 6.45) is 9.37. The highest BCUT2D eigenvalue weighted by Crippen LogP contribution is 2.24. The Balaban J connectivity index is 2.55. The van der Waals surface area contributed by atoms with Gasteiger partial charge in [0.15, 0.2) is 0 Å². The zero-order valence-corrected chi connectivity index (χ0v) is 10.1. The van der Waals surface area contributed by atoms with Crippen LogP contribution in [0, 0.1) is 0 Å². The molecule has 0 bridgehead atoms. The van der Waals surface area contributed by atoms with Crippen molar-refractivity contribution < 1.29 is 0 Å². The summed E-state index contributed by atoms with van der Waals surface area (Å²) in [6.45, 7) is 5.85. The molecule has 0 N–H and O–H groups in total. The van der Waals surface area contributed by atoms with Crippen molar-refractivity contribution in [1.29, 1.82) is 0 Å². The van der Waals surface area contributed by atoms with E-state index in [2.05, 4.69) is 16.6 Å². The number of nitrogens with zero attached hydrogens (tertiary/aromatic N) is 3. The van der Waals surface area contributed by atoms with Crippen LogP contribution in [0.15, 0.2) is 60.3 Å². The minimum absolute atomic E-state index is 0.896. The van der Waals surface area contributed by atoms with Crippen molar-refractivity contribution in [3.8, 4) is 0 Å². The molecule has 17 heavy (non-hydrogen) atoms. The fraction of sp³-hybridized carbons (Fsp3) is 0.143. The lowest BCUT2D eigenvalue weighted by Gasteiger charge is -2.21. The van der Waals surface area contributed by atoms with Gasteiger partial charge in [0.1, 0.15) is 5.82 Å². The minimum Gasteiger partial charge on any atom is -0.336 e. The second kappa shape index (κ2) is 4.78. The van der Waals surface area contributed by atoms with Gasteiger partial charge in [-0.3, -0.25) is 4.98 Å². The average Bonchev–Trinajstić information content (AvgIpc) is 2.36. The summed E-state index contributed by atoms with van der Waals surface area (Å²) in [4.78, 5) is 10.7. The van der Waals surface area contributed by atoms with Gasteiger partial charge in [-0.25, -0.2) is 4.99 Å². The van der Waals surface area contributed by atoms with Crippen LogP contribution in [-0.4, -0.2) is 22.6 Å². The Morgan fingerprint density at radius 3 is 2.94 bits per heavy atom. The molecule has 1 aliphatic rings. The van der Waals surface area contributed by atoms with E-state index in [4.69, 9.17) is 0 Å². The number of pyridine rings is 1. The molecular formula is C14H15N3. The SMILES string of the molecule is C=C/C(=C1/N=C(C)C=CN1C)c1cccnc1. The van der Waals surface area contributed by atoms with E-state index in [-0.39, 0.29) is 0 Å². The molecule has 0 aromatic carbocycles. The Morgan fingerprint density at radius 1 is 1.47 bits per heavy atom. The molecule has 2 rings (SSSR count). The summed E-state index contributed by atoms with van der Waals surface area (Å²) in [5.41, 5.74) is 3.00. The number of aromatic nitrogens is 1. The molecule has 0 saturated heterocycles. The van der Waals surface area contributed by atoms with Gasteiger partial charge in [0, 0.05) is 42.5 Å². The lowest BCUT2D eigenvalue weighted by molar-refractivity contribution is 0.560. The van der Waals surface area contributed by atoms with Crippen molar-refractivity contribution in [2.24, 2.45) is 4.99 Å². The zero-order chi connectivity index (χ0) is 12.3. The molecule has 0 unspecified atom stereocenters. The molecule has 1 aromatic heterocycles. The van der Waals surface area contributed by atoms with E-state index < -0.39 is 0 Å². The predicted molar refractivity (Wildman–Crippen MR) is 71.4 cm³/mol. The van der Waals surface area contributed by atoms with Crippen molar-refractivity contribution in [3.63, 3.8) is 0 Å². The van der Waals surface area contributed by atoms with E-state index in [1.165, 1.54) is 0 Å². The van der Waals surface area contributed by atoms with Crippen molar-refractivity contribution >= 4 is 11.3 Å². The topological polar surface area (TPSA) is 28.5 Å². The number of rotatable bonds is 2. The van der Waals surface area contributed by atoms with Crippen molar-refractivity contribution in [2.75, 3.05) is 7.05 Å². The van der Waals surface area contributed by atoms with Crippen LogP contribution in [0.25, 0.3) is 5.57 Å². The molecule has 1 aromatic rings. The first kappa shape index (κ1) is 11.3. The van der Waals surface area contributed by atoms with E-state index in [1.807, 2.05) is 55.6 Å². The zero-order valence-electron chi connectivity index (χ0n) is 10.1. The van der Waals surface area contributed by atoms with E-state index in [0.29, 0.717) is 0 Å². The first-order valence-corrected chi connectivity index (χ1v) is 5.46. The molecule has 0 spiro atoms. The van der Waals surface area contributed by atoms with Crippen LogP contribution >= 0.6 is 0 Å². The molecule has 86 valence electrons. The third-order valence-electron chi connectivity index (χ3n) is 2.57. The van der Waals surface area contributed by atoms with Gasteiger partial charge >= 0.3 is 0 Å². The third kappa shape index (κ3) is 2.33. The molecular weight excluding hydrogens is 210 g/mol. The van der Waals surface area contributed by atoms with E-state index in [1.54, 1.807) is 6.20 Å². The standard InChI is InChI=1S/C14H15N3/c1-4-13(12-6-5-8-15-10-12)14-16-11(2)7-9-17(14)3/h4-10H,1H2,2-3H3/b14-13+. The van der Waals surface area contributed by atoms with Crippen LogP contribution in [0.3, 0.4) is 0 Å². The Morgan fingerprint density at radius 2 is 2.29 bits per heavy atom. The van der Waals surface area contributed by atoms with Crippen molar-refractivity contribution in [1.82, 2.24) is 9.88 Å². The minimum atomic E-state index is 0.896. The molecule has 0 amide bonds. The van der Waals surface area contributed by atoms with Gasteiger partial charge in [-0.15, -0.1) is 0 Å². The molecule has 3 heteroatoms. The van der Waals surface area contributed by atoms with E-state index in [0.717, 1.165) is 22.7 Å². The highest BCUT2D eigenvalue weighted by molar-refractivity contribution is 5.95. The van der Waals surface area contributed by atoms with Gasteiger partial charge in [0.25, 0.3) is 0 Å². The summed E-state index contributed by atoms with van der Waals surface area (Å²) < 4.78 is 0. The number of allylic oxidation sites excluding steroid dienone is 3. The van der Waals surface area contributed by atoms with Crippen LogP contribution in [-0.2, 0) is 0 Å². The summed E-state index contributed by atoms with van der Waals surface area (Å²) >= 11 is 0. The highest BCUT2D eigenvalue weighted by Gasteiger charge is 2.12. The Labute approximate surface area is 102 Å². The monoisotopic (exact) mass is 225 g/mol. The number of hydrogen-bond donors (Lipinski definition) is 0. The van der Waals surface area contributed by atoms with E-state index in [9.17, 15) is 0 Å². The summed E-state index contributed by atoms with van der Waals surface area (Å²) in [5, 5.41) is 0. The second-order valence-corrected chi connectivity index (χ2v) is 3.86. The maximum Gasteiger partial charge on any atom is 0.140 e. The van der Waals surface area contributed by atoms with Crippen molar-refractivity contribution in [3.05, 3.63) is 60.8 Å². The van der Waals surface area contributed by atoms with Gasteiger partial charge in [-0.2, -0.15) is 0 Å². The van der Waals surface area contributed by atoms with Gasteiger partial charge in [0.05, 0.1) is 0 Å². The molecule has 0 aliphatic carbocycles. The van der Waals surface area contributed by atoms with E-state index >= 15 is 0 Å². The second-order valence-electron chi connectivity index (χ2n) is 3.86. The lowest BCUT2D eigenvalue weighted by Crippen LogP contribution is -2.15. The van der Waals surface area contributed by atoms with Gasteiger partial charge < -0.3 is 4.90 Å². The molecule has 0 radical (unpaired) electrons. The number of hydrogen-bond acceptors (Lipinski definition) is 3. The predicted octanol–water partition coefficient (Wildman–Crippen LogP) is 2.86. The maximum absolute atomic E-state index is 4.55. The molecule has 0 atom stereocenters. The molecule has 0 saturated carbocycles. The average molecular weight is 225 g/mol. The normalized spacial score (nSPS) is 17.8. The summed E-state index contributed by atoms with van der Waals surface area (Å²) in [5.74, 6) is 0.896. The smallest absolute Gasteiger partial charge is 0.140 e. The first-order valence-electron chi connectivity index (χ1n) is 5.46. The van der Waals surface area contributed by atoms with Crippen LogP contribution in [0.4, 0.5) is 0 Å². The van der Waals surface area contributed by atoms with Gasteiger partial charge in [0.2, 0.25) is 0 Å². The summed E-state index contributed by atoms with van der Waals surface area (Å²) in [6, 6.07) is 3.92. The van der Waals surface area contributed by atoms with Gasteiger partial charge in [-0.05, 0) is 19.1 Å². The first-order chi connectivity index (χ1) is 8.22. The highest BCUT2D eigenvalue weighted by atomic mass is 15.2. The fourth-order valence-electron chi connectivity index (χ4n) is 1.68. The lowest BCUT2D eigenvalue weighted by atomic mass is 10.1. The molecule has 0 fully saturated rings. The van der Waals surface area contributed by atoms with Gasteiger partial charge in [-0.1, -0.05) is 18.7 Å². The Kier molecular flexibility index (Phi) is 3.19. The van der Waals surface area contributed by atoms with Crippen LogP contribution in [0.5, 0.6) is 0 Å². The molecule has 1 aliphatic heterocycles. The Hall–Kier alpha value is -2.16. The fourth-order valence-corrected chi connectivity index (χ4v) is 1.68. The largest absolute Gasteiger partial charge is 0.336 e.